The summed E-state index contributed by atoms with van der Waals surface area (Å²) < 4.78 is 18.7. The lowest BCUT2D eigenvalue weighted by atomic mass is 10.1. The van der Waals surface area contributed by atoms with Crippen molar-refractivity contribution in [2.45, 2.75) is 12.6 Å². The molecule has 1 unspecified atom stereocenters. The molecule has 0 fully saturated rings. The Morgan fingerprint density at radius 3 is 2.54 bits per heavy atom. The van der Waals surface area contributed by atoms with E-state index in [0.29, 0.717) is 29.4 Å². The van der Waals surface area contributed by atoms with E-state index in [4.69, 9.17) is 16.0 Å². The molecule has 0 saturated carbocycles. The van der Waals surface area contributed by atoms with Crippen LogP contribution in [-0.4, -0.2) is 11.7 Å². The largest absolute Gasteiger partial charge is 0.460 e. The Kier molecular flexibility index (Phi) is 5.30. The van der Waals surface area contributed by atoms with Gasteiger partial charge in [-0.25, -0.2) is 4.39 Å². The number of hydrogen-bond acceptors (Lipinski definition) is 3. The smallest absolute Gasteiger partial charge is 0.135 e. The molecule has 0 bridgehead atoms. The van der Waals surface area contributed by atoms with Crippen molar-refractivity contribution in [2.75, 3.05) is 6.54 Å². The third-order valence-electron chi connectivity index (χ3n) is 3.69. The van der Waals surface area contributed by atoms with E-state index in [-0.39, 0.29) is 5.82 Å². The van der Waals surface area contributed by atoms with Gasteiger partial charge in [-0.2, -0.15) is 0 Å². The molecule has 2 N–H and O–H groups in total. The quantitative estimate of drug-likeness (QED) is 0.688. The molecule has 124 valence electrons. The highest BCUT2D eigenvalue weighted by Gasteiger charge is 2.10. The molecule has 1 atom stereocenters. The summed E-state index contributed by atoms with van der Waals surface area (Å²) in [6, 6.07) is 17.0. The molecule has 5 heteroatoms. The van der Waals surface area contributed by atoms with Gasteiger partial charge in [-0.15, -0.1) is 0 Å². The van der Waals surface area contributed by atoms with Crippen molar-refractivity contribution in [1.29, 1.82) is 0 Å². The maximum atomic E-state index is 12.9. The normalized spacial score (nSPS) is 12.3. The van der Waals surface area contributed by atoms with Gasteiger partial charge in [0.1, 0.15) is 17.3 Å². The molecule has 3 aromatic rings. The van der Waals surface area contributed by atoms with Gasteiger partial charge in [-0.3, -0.25) is 0 Å². The van der Waals surface area contributed by atoms with Gasteiger partial charge in [-0.05, 0) is 42.0 Å². The first-order valence-corrected chi connectivity index (χ1v) is 7.99. The molecule has 0 saturated heterocycles. The Morgan fingerprint density at radius 2 is 1.79 bits per heavy atom. The minimum absolute atomic E-state index is 0.318. The highest BCUT2D eigenvalue weighted by Crippen LogP contribution is 2.29. The first-order valence-electron chi connectivity index (χ1n) is 7.61. The monoisotopic (exact) mass is 345 g/mol. The fraction of sp³-hybridized carbons (Fsp3) is 0.158. The van der Waals surface area contributed by atoms with E-state index in [1.807, 2.05) is 36.4 Å². The number of benzene rings is 2. The SMILES string of the molecule is OC(CNCc1ccc(-c2ccccc2Cl)o1)c1ccc(F)cc1. The van der Waals surface area contributed by atoms with Crippen LogP contribution in [0.2, 0.25) is 5.02 Å². The summed E-state index contributed by atoms with van der Waals surface area (Å²) in [6.07, 6.45) is -0.705. The van der Waals surface area contributed by atoms with Crippen molar-refractivity contribution in [3.63, 3.8) is 0 Å². The number of aliphatic hydroxyl groups excluding tert-OH is 1. The molecule has 1 aromatic heterocycles. The van der Waals surface area contributed by atoms with Crippen molar-refractivity contribution < 1.29 is 13.9 Å². The van der Waals surface area contributed by atoms with Crippen LogP contribution in [0, 0.1) is 5.82 Å². The van der Waals surface area contributed by atoms with Crippen LogP contribution in [0.15, 0.2) is 65.1 Å². The average molecular weight is 346 g/mol. The lowest BCUT2D eigenvalue weighted by molar-refractivity contribution is 0.173. The summed E-state index contributed by atoms with van der Waals surface area (Å²) in [6.45, 7) is 0.816. The van der Waals surface area contributed by atoms with Crippen molar-refractivity contribution in [2.24, 2.45) is 0 Å². The summed E-state index contributed by atoms with van der Waals surface area (Å²) in [5.41, 5.74) is 1.51. The average Bonchev–Trinajstić information content (AvgIpc) is 3.04. The summed E-state index contributed by atoms with van der Waals surface area (Å²) in [5, 5.41) is 13.8. The van der Waals surface area contributed by atoms with Crippen LogP contribution < -0.4 is 5.32 Å². The molecule has 0 aliphatic carbocycles. The Morgan fingerprint density at radius 1 is 1.04 bits per heavy atom. The highest BCUT2D eigenvalue weighted by atomic mass is 35.5. The van der Waals surface area contributed by atoms with Gasteiger partial charge < -0.3 is 14.8 Å². The van der Waals surface area contributed by atoms with Crippen molar-refractivity contribution in [1.82, 2.24) is 5.32 Å². The van der Waals surface area contributed by atoms with Gasteiger partial charge in [0.2, 0.25) is 0 Å². The van der Waals surface area contributed by atoms with E-state index in [1.165, 1.54) is 12.1 Å². The maximum absolute atomic E-state index is 12.9. The van der Waals surface area contributed by atoms with Crippen molar-refractivity contribution in [3.8, 4) is 11.3 Å². The number of halogens is 2. The van der Waals surface area contributed by atoms with Crippen LogP contribution in [0.25, 0.3) is 11.3 Å². The Labute approximate surface area is 144 Å². The molecule has 1 heterocycles. The van der Waals surface area contributed by atoms with E-state index < -0.39 is 6.10 Å². The molecule has 3 nitrogen and oxygen atoms in total. The molecule has 0 aliphatic heterocycles. The molecule has 0 spiro atoms. The van der Waals surface area contributed by atoms with Crippen LogP contribution >= 0.6 is 11.6 Å². The lowest BCUT2D eigenvalue weighted by Crippen LogP contribution is -2.20. The van der Waals surface area contributed by atoms with E-state index in [1.54, 1.807) is 12.1 Å². The summed E-state index contributed by atoms with van der Waals surface area (Å²) >= 11 is 6.16. The van der Waals surface area contributed by atoms with E-state index in [2.05, 4.69) is 5.32 Å². The van der Waals surface area contributed by atoms with Gasteiger partial charge in [0.15, 0.2) is 0 Å². The Hall–Kier alpha value is -2.14. The van der Waals surface area contributed by atoms with Crippen molar-refractivity contribution in [3.05, 3.63) is 82.8 Å². The molecule has 2 aromatic carbocycles. The minimum Gasteiger partial charge on any atom is -0.460 e. The predicted octanol–water partition coefficient (Wildman–Crippen LogP) is 4.56. The fourth-order valence-electron chi connectivity index (χ4n) is 2.41. The van der Waals surface area contributed by atoms with Gasteiger partial charge in [-0.1, -0.05) is 35.9 Å². The zero-order valence-electron chi connectivity index (χ0n) is 12.9. The Balaban J connectivity index is 1.56. The standard InChI is InChI=1S/C19H17ClFNO2/c20-17-4-2-1-3-16(17)19-10-9-15(24-19)11-22-12-18(23)13-5-7-14(21)8-6-13/h1-10,18,22-23H,11-12H2. The maximum Gasteiger partial charge on any atom is 0.135 e. The second-order valence-electron chi connectivity index (χ2n) is 5.44. The second-order valence-corrected chi connectivity index (χ2v) is 5.85. The molecule has 0 aliphatic rings. The van der Waals surface area contributed by atoms with Crippen LogP contribution in [0.4, 0.5) is 4.39 Å². The summed E-state index contributed by atoms with van der Waals surface area (Å²) in [5.74, 6) is 1.13. The van der Waals surface area contributed by atoms with Crippen molar-refractivity contribution >= 4 is 11.6 Å². The van der Waals surface area contributed by atoms with E-state index >= 15 is 0 Å². The molecule has 24 heavy (non-hydrogen) atoms. The zero-order valence-corrected chi connectivity index (χ0v) is 13.6. The van der Waals surface area contributed by atoms with Crippen LogP contribution in [0.3, 0.4) is 0 Å². The van der Waals surface area contributed by atoms with Gasteiger partial charge >= 0.3 is 0 Å². The molecule has 3 rings (SSSR count). The number of nitrogens with one attached hydrogen (secondary N) is 1. The third kappa shape index (κ3) is 4.03. The number of rotatable bonds is 6. The van der Waals surface area contributed by atoms with Gasteiger partial charge in [0.25, 0.3) is 0 Å². The van der Waals surface area contributed by atoms with Gasteiger partial charge in [0.05, 0.1) is 17.7 Å². The fourth-order valence-corrected chi connectivity index (χ4v) is 2.64. The molecule has 0 radical (unpaired) electrons. The van der Waals surface area contributed by atoms with Gasteiger partial charge in [0, 0.05) is 12.1 Å². The minimum atomic E-state index is -0.705. The molecular formula is C19H17ClFNO2. The number of hydrogen-bond donors (Lipinski definition) is 2. The second kappa shape index (κ2) is 7.62. The summed E-state index contributed by atoms with van der Waals surface area (Å²) in [4.78, 5) is 0. The highest BCUT2D eigenvalue weighted by molar-refractivity contribution is 6.33. The first kappa shape index (κ1) is 16.7. The predicted molar refractivity (Wildman–Crippen MR) is 92.2 cm³/mol. The lowest BCUT2D eigenvalue weighted by Gasteiger charge is -2.11. The zero-order chi connectivity index (χ0) is 16.9. The first-order chi connectivity index (χ1) is 11.6. The molecule has 0 amide bonds. The van der Waals surface area contributed by atoms with Crippen LogP contribution in [0.1, 0.15) is 17.4 Å². The topological polar surface area (TPSA) is 45.4 Å². The van der Waals surface area contributed by atoms with E-state index in [0.717, 1.165) is 11.3 Å². The van der Waals surface area contributed by atoms with Crippen LogP contribution in [-0.2, 0) is 6.54 Å². The van der Waals surface area contributed by atoms with E-state index in [9.17, 15) is 9.50 Å². The number of furan rings is 1. The summed E-state index contributed by atoms with van der Waals surface area (Å²) in [7, 11) is 0. The van der Waals surface area contributed by atoms with Crippen LogP contribution in [0.5, 0.6) is 0 Å². The molecular weight excluding hydrogens is 329 g/mol. The Bertz CT molecular complexity index is 801. The third-order valence-corrected chi connectivity index (χ3v) is 4.02. The number of aliphatic hydroxyl groups is 1.